The number of hydrogen-bond donors (Lipinski definition) is 1. The highest BCUT2D eigenvalue weighted by atomic mass is 16.3. The summed E-state index contributed by atoms with van der Waals surface area (Å²) in [7, 11) is 0. The predicted octanol–water partition coefficient (Wildman–Crippen LogP) is 1.10. The van der Waals surface area contributed by atoms with Gasteiger partial charge in [0.2, 0.25) is 0 Å². The summed E-state index contributed by atoms with van der Waals surface area (Å²) < 4.78 is 0. The molecule has 0 amide bonds. The fourth-order valence-corrected chi connectivity index (χ4v) is 1.65. The molecule has 0 aromatic rings. The lowest BCUT2D eigenvalue weighted by atomic mass is 9.98. The van der Waals surface area contributed by atoms with E-state index in [2.05, 4.69) is 18.7 Å². The lowest BCUT2D eigenvalue weighted by Gasteiger charge is -2.41. The molecule has 2 nitrogen and oxygen atoms in total. The number of aliphatic hydroxyl groups excluding tert-OH is 1. The van der Waals surface area contributed by atoms with Crippen LogP contribution in [0.2, 0.25) is 0 Å². The minimum Gasteiger partial charge on any atom is -0.396 e. The first kappa shape index (κ1) is 9.01. The van der Waals surface area contributed by atoms with Crippen molar-refractivity contribution in [1.82, 2.24) is 4.90 Å². The molecule has 1 N–H and O–H groups in total. The predicted molar refractivity (Wildman–Crippen MR) is 46.5 cm³/mol. The second-order valence-electron chi connectivity index (χ2n) is 3.63. The van der Waals surface area contributed by atoms with Crippen LogP contribution in [-0.4, -0.2) is 35.7 Å². The molecular weight excluding hydrogens is 138 g/mol. The number of hydrogen-bond acceptors (Lipinski definition) is 2. The van der Waals surface area contributed by atoms with Crippen LogP contribution in [0.1, 0.15) is 26.7 Å². The van der Waals surface area contributed by atoms with Gasteiger partial charge < -0.3 is 5.11 Å². The van der Waals surface area contributed by atoms with E-state index in [-0.39, 0.29) is 0 Å². The molecule has 66 valence electrons. The second kappa shape index (κ2) is 4.07. The van der Waals surface area contributed by atoms with E-state index in [1.165, 1.54) is 19.4 Å². The Morgan fingerprint density at radius 3 is 2.73 bits per heavy atom. The van der Waals surface area contributed by atoms with E-state index in [1.807, 2.05) is 0 Å². The molecular formula is C9H19NO. The van der Waals surface area contributed by atoms with Gasteiger partial charge in [0, 0.05) is 19.2 Å². The minimum absolute atomic E-state index is 0.326. The molecule has 0 aromatic carbocycles. The van der Waals surface area contributed by atoms with Crippen LogP contribution in [0.5, 0.6) is 0 Å². The van der Waals surface area contributed by atoms with Crippen molar-refractivity contribution in [2.45, 2.75) is 32.7 Å². The Bertz CT molecular complexity index is 114. The summed E-state index contributed by atoms with van der Waals surface area (Å²) in [6.45, 7) is 6.98. The van der Waals surface area contributed by atoms with Gasteiger partial charge in [0.25, 0.3) is 0 Å². The molecule has 1 aliphatic rings. The van der Waals surface area contributed by atoms with Crippen LogP contribution in [0.25, 0.3) is 0 Å². The average molecular weight is 157 g/mol. The summed E-state index contributed by atoms with van der Waals surface area (Å²) in [5.41, 5.74) is 0. The molecule has 1 aliphatic heterocycles. The Hall–Kier alpha value is -0.0800. The molecule has 0 radical (unpaired) electrons. The number of likely N-dealkylation sites (tertiary alicyclic amines) is 1. The lowest BCUT2D eigenvalue weighted by molar-refractivity contribution is 0.0584. The van der Waals surface area contributed by atoms with E-state index in [4.69, 9.17) is 5.11 Å². The van der Waals surface area contributed by atoms with Crippen molar-refractivity contribution < 1.29 is 5.11 Å². The monoisotopic (exact) mass is 157 g/mol. The molecule has 1 fully saturated rings. The fourth-order valence-electron chi connectivity index (χ4n) is 1.65. The molecule has 2 heteroatoms. The van der Waals surface area contributed by atoms with Crippen molar-refractivity contribution in [3.8, 4) is 0 Å². The van der Waals surface area contributed by atoms with Crippen LogP contribution in [0.15, 0.2) is 0 Å². The van der Waals surface area contributed by atoms with Gasteiger partial charge in [-0.05, 0) is 25.3 Å². The molecule has 11 heavy (non-hydrogen) atoms. The molecule has 0 saturated carbocycles. The van der Waals surface area contributed by atoms with Crippen molar-refractivity contribution in [3.05, 3.63) is 0 Å². The highest BCUT2D eigenvalue weighted by molar-refractivity contribution is 4.82. The molecule has 1 saturated heterocycles. The van der Waals surface area contributed by atoms with Gasteiger partial charge in [0.15, 0.2) is 0 Å². The maximum atomic E-state index is 8.84. The maximum Gasteiger partial charge on any atom is 0.0468 e. The van der Waals surface area contributed by atoms with Crippen LogP contribution in [0.4, 0.5) is 0 Å². The van der Waals surface area contributed by atoms with Gasteiger partial charge in [-0.25, -0.2) is 0 Å². The zero-order valence-electron chi connectivity index (χ0n) is 7.58. The quantitative estimate of drug-likeness (QED) is 0.660. The largest absolute Gasteiger partial charge is 0.396 e. The Kier molecular flexibility index (Phi) is 3.34. The highest BCUT2D eigenvalue weighted by Crippen LogP contribution is 2.20. The van der Waals surface area contributed by atoms with Crippen molar-refractivity contribution in [2.24, 2.45) is 5.92 Å². The minimum atomic E-state index is 0.326. The van der Waals surface area contributed by atoms with Crippen LogP contribution in [0, 0.1) is 5.92 Å². The maximum absolute atomic E-state index is 8.84. The fraction of sp³-hybridized carbons (Fsp3) is 1.00. The second-order valence-corrected chi connectivity index (χ2v) is 3.63. The summed E-state index contributed by atoms with van der Waals surface area (Å²) in [6, 6.07) is 0.809. The lowest BCUT2D eigenvalue weighted by Crippen LogP contribution is -2.49. The van der Waals surface area contributed by atoms with E-state index >= 15 is 0 Å². The Balaban J connectivity index is 2.16. The topological polar surface area (TPSA) is 23.5 Å². The van der Waals surface area contributed by atoms with Gasteiger partial charge in [0.05, 0.1) is 0 Å². The number of rotatable bonds is 4. The van der Waals surface area contributed by atoms with Gasteiger partial charge in [-0.1, -0.05) is 13.8 Å². The summed E-state index contributed by atoms with van der Waals surface area (Å²) in [4.78, 5) is 2.47. The van der Waals surface area contributed by atoms with E-state index in [0.29, 0.717) is 12.5 Å². The third-order valence-corrected chi connectivity index (χ3v) is 2.60. The van der Waals surface area contributed by atoms with Gasteiger partial charge in [-0.15, -0.1) is 0 Å². The molecule has 0 spiro atoms. The Labute approximate surface area is 69.2 Å². The van der Waals surface area contributed by atoms with Crippen molar-refractivity contribution >= 4 is 0 Å². The van der Waals surface area contributed by atoms with E-state index in [9.17, 15) is 0 Å². The first-order valence-corrected chi connectivity index (χ1v) is 4.62. The molecule has 1 rings (SSSR count). The van der Waals surface area contributed by atoms with Crippen LogP contribution in [-0.2, 0) is 0 Å². The number of nitrogens with zero attached hydrogens (tertiary/aromatic N) is 1. The van der Waals surface area contributed by atoms with Crippen molar-refractivity contribution in [3.63, 3.8) is 0 Å². The van der Waals surface area contributed by atoms with Gasteiger partial charge in [0.1, 0.15) is 0 Å². The zero-order chi connectivity index (χ0) is 8.27. The van der Waals surface area contributed by atoms with Gasteiger partial charge >= 0.3 is 0 Å². The summed E-state index contributed by atoms with van der Waals surface area (Å²) in [5, 5.41) is 8.84. The highest BCUT2D eigenvalue weighted by Gasteiger charge is 2.26. The third kappa shape index (κ3) is 2.17. The smallest absolute Gasteiger partial charge is 0.0468 e. The Morgan fingerprint density at radius 1 is 1.64 bits per heavy atom. The molecule has 0 bridgehead atoms. The van der Waals surface area contributed by atoms with Gasteiger partial charge in [-0.2, -0.15) is 0 Å². The Morgan fingerprint density at radius 2 is 2.36 bits per heavy atom. The standard InChI is InChI=1S/C9H19NO/c1-3-9-4-5-10(9)6-8(2)7-11/h8-9,11H,3-7H2,1-2H3. The van der Waals surface area contributed by atoms with E-state index in [1.54, 1.807) is 0 Å². The van der Waals surface area contributed by atoms with E-state index < -0.39 is 0 Å². The van der Waals surface area contributed by atoms with Crippen LogP contribution >= 0.6 is 0 Å². The van der Waals surface area contributed by atoms with Crippen LogP contribution < -0.4 is 0 Å². The van der Waals surface area contributed by atoms with Crippen LogP contribution in [0.3, 0.4) is 0 Å². The molecule has 2 atom stereocenters. The van der Waals surface area contributed by atoms with Crippen molar-refractivity contribution in [2.75, 3.05) is 19.7 Å². The molecule has 0 aromatic heterocycles. The summed E-state index contributed by atoms with van der Waals surface area (Å²) in [6.07, 6.45) is 2.62. The summed E-state index contributed by atoms with van der Waals surface area (Å²) in [5.74, 6) is 0.448. The third-order valence-electron chi connectivity index (χ3n) is 2.60. The normalized spacial score (nSPS) is 28.1. The average Bonchev–Trinajstić information content (AvgIpc) is 1.98. The first-order valence-electron chi connectivity index (χ1n) is 4.62. The van der Waals surface area contributed by atoms with E-state index in [0.717, 1.165) is 12.6 Å². The molecule has 2 unspecified atom stereocenters. The molecule has 0 aliphatic carbocycles. The van der Waals surface area contributed by atoms with Gasteiger partial charge in [-0.3, -0.25) is 4.90 Å². The van der Waals surface area contributed by atoms with Crippen molar-refractivity contribution in [1.29, 1.82) is 0 Å². The molecule has 1 heterocycles. The number of aliphatic hydroxyl groups is 1. The zero-order valence-corrected chi connectivity index (χ0v) is 7.58. The first-order chi connectivity index (χ1) is 5.27. The SMILES string of the molecule is CCC1CCN1CC(C)CO. The summed E-state index contributed by atoms with van der Waals surface area (Å²) >= 11 is 0.